The lowest BCUT2D eigenvalue weighted by atomic mass is 10.1. The second-order valence-electron chi connectivity index (χ2n) is 6.22. The molecule has 8 heteroatoms. The Labute approximate surface area is 160 Å². The van der Waals surface area contributed by atoms with Crippen molar-refractivity contribution in [2.45, 2.75) is 6.92 Å². The molecule has 1 aliphatic rings. The number of fused-ring (bicyclic) bond motifs is 1. The van der Waals surface area contributed by atoms with E-state index in [4.69, 9.17) is 9.47 Å². The highest BCUT2D eigenvalue weighted by atomic mass is 32.1. The zero-order valence-corrected chi connectivity index (χ0v) is 16.0. The van der Waals surface area contributed by atoms with Crippen molar-refractivity contribution in [1.82, 2.24) is 9.97 Å². The summed E-state index contributed by atoms with van der Waals surface area (Å²) in [6.07, 6.45) is 1.56. The number of anilines is 2. The molecule has 1 aromatic carbocycles. The monoisotopic (exact) mass is 384 g/mol. The number of morpholine rings is 1. The molecule has 27 heavy (non-hydrogen) atoms. The molecule has 2 aromatic heterocycles. The van der Waals surface area contributed by atoms with Crippen LogP contribution in [0.15, 0.2) is 30.6 Å². The maximum absolute atomic E-state index is 12.9. The van der Waals surface area contributed by atoms with Crippen LogP contribution in [-0.4, -0.2) is 49.3 Å². The van der Waals surface area contributed by atoms with Crippen LogP contribution in [0.2, 0.25) is 0 Å². The predicted molar refractivity (Wildman–Crippen MR) is 106 cm³/mol. The Morgan fingerprint density at radius 2 is 2.11 bits per heavy atom. The molecule has 4 rings (SSSR count). The summed E-state index contributed by atoms with van der Waals surface area (Å²) >= 11 is 1.39. The van der Waals surface area contributed by atoms with Crippen molar-refractivity contribution >= 4 is 39.0 Å². The molecule has 0 spiro atoms. The third kappa shape index (κ3) is 3.45. The molecule has 1 fully saturated rings. The first-order chi connectivity index (χ1) is 13.2. The first kappa shape index (κ1) is 17.7. The van der Waals surface area contributed by atoms with E-state index in [2.05, 4.69) is 20.2 Å². The van der Waals surface area contributed by atoms with Gasteiger partial charge in [0, 0.05) is 24.8 Å². The number of nitrogens with one attached hydrogen (secondary N) is 1. The second-order valence-corrected chi connectivity index (χ2v) is 7.22. The third-order valence-electron chi connectivity index (χ3n) is 4.55. The van der Waals surface area contributed by atoms with Gasteiger partial charge in [0.05, 0.1) is 30.6 Å². The molecule has 140 valence electrons. The van der Waals surface area contributed by atoms with E-state index in [1.807, 2.05) is 25.1 Å². The normalized spacial score (nSPS) is 14.4. The smallest absolute Gasteiger partial charge is 0.266 e. The molecule has 1 saturated heterocycles. The van der Waals surface area contributed by atoms with Crippen LogP contribution >= 0.6 is 11.3 Å². The number of hydrogen-bond donors (Lipinski definition) is 1. The number of methoxy groups -OCH3 is 1. The van der Waals surface area contributed by atoms with Gasteiger partial charge < -0.3 is 19.7 Å². The first-order valence-corrected chi connectivity index (χ1v) is 9.51. The molecule has 1 amide bonds. The van der Waals surface area contributed by atoms with Gasteiger partial charge in [-0.2, -0.15) is 0 Å². The number of rotatable bonds is 4. The summed E-state index contributed by atoms with van der Waals surface area (Å²) in [5, 5.41) is 3.89. The van der Waals surface area contributed by atoms with E-state index in [-0.39, 0.29) is 5.91 Å². The summed E-state index contributed by atoms with van der Waals surface area (Å²) in [6.45, 7) is 4.88. The molecule has 0 radical (unpaired) electrons. The summed E-state index contributed by atoms with van der Waals surface area (Å²) in [7, 11) is 1.60. The third-order valence-corrected chi connectivity index (χ3v) is 5.75. The summed E-state index contributed by atoms with van der Waals surface area (Å²) in [5.74, 6) is 1.41. The van der Waals surface area contributed by atoms with Gasteiger partial charge in [0.25, 0.3) is 5.91 Å². The predicted octanol–water partition coefficient (Wildman–Crippen LogP) is 3.10. The van der Waals surface area contributed by atoms with Crippen LogP contribution in [0, 0.1) is 6.92 Å². The van der Waals surface area contributed by atoms with E-state index in [1.165, 1.54) is 11.3 Å². The minimum absolute atomic E-state index is 0.156. The van der Waals surface area contributed by atoms with E-state index in [0.29, 0.717) is 29.5 Å². The van der Waals surface area contributed by atoms with Crippen molar-refractivity contribution in [2.24, 2.45) is 0 Å². The molecule has 1 aliphatic heterocycles. The summed E-state index contributed by atoms with van der Waals surface area (Å²) in [4.78, 5) is 25.4. The molecule has 0 aliphatic carbocycles. The molecule has 0 atom stereocenters. The van der Waals surface area contributed by atoms with Crippen molar-refractivity contribution in [3.8, 4) is 5.75 Å². The van der Waals surface area contributed by atoms with Gasteiger partial charge in [-0.3, -0.25) is 4.79 Å². The molecule has 3 aromatic rings. The number of carbonyl (C=O) groups is 1. The summed E-state index contributed by atoms with van der Waals surface area (Å²) in [5.41, 5.74) is 1.59. The molecular weight excluding hydrogens is 364 g/mol. The molecule has 3 heterocycles. The standard InChI is InChI=1S/C19H20N4O3S/c1-12-15-17(23-6-8-26-9-7-23)20-11-21-19(15)27-16(12)18(24)22-13-4-3-5-14(10-13)25-2/h3-5,10-11H,6-9H2,1-2H3,(H,22,24). The van der Waals surface area contributed by atoms with Crippen molar-refractivity contribution < 1.29 is 14.3 Å². The van der Waals surface area contributed by atoms with Crippen LogP contribution in [0.25, 0.3) is 10.2 Å². The lowest BCUT2D eigenvalue weighted by Crippen LogP contribution is -2.36. The summed E-state index contributed by atoms with van der Waals surface area (Å²) in [6, 6.07) is 7.31. The average molecular weight is 384 g/mol. The van der Waals surface area contributed by atoms with Crippen molar-refractivity contribution in [2.75, 3.05) is 43.6 Å². The number of hydrogen-bond acceptors (Lipinski definition) is 7. The van der Waals surface area contributed by atoms with Crippen LogP contribution in [0.5, 0.6) is 5.75 Å². The Bertz CT molecular complexity index is 982. The lowest BCUT2D eigenvalue weighted by molar-refractivity contribution is 0.103. The molecule has 7 nitrogen and oxygen atoms in total. The highest BCUT2D eigenvalue weighted by molar-refractivity contribution is 7.20. The lowest BCUT2D eigenvalue weighted by Gasteiger charge is -2.28. The molecule has 1 N–H and O–H groups in total. The van der Waals surface area contributed by atoms with Gasteiger partial charge in [-0.05, 0) is 24.6 Å². The van der Waals surface area contributed by atoms with Crippen molar-refractivity contribution in [3.05, 3.63) is 41.0 Å². The Morgan fingerprint density at radius 1 is 1.30 bits per heavy atom. The Morgan fingerprint density at radius 3 is 2.89 bits per heavy atom. The van der Waals surface area contributed by atoms with Crippen LogP contribution in [0.4, 0.5) is 11.5 Å². The van der Waals surface area contributed by atoms with Crippen LogP contribution < -0.4 is 15.0 Å². The molecule has 0 bridgehead atoms. The van der Waals surface area contributed by atoms with Gasteiger partial charge in [0.15, 0.2) is 0 Å². The molecular formula is C19H20N4O3S. The Kier molecular flexibility index (Phi) is 4.91. The maximum atomic E-state index is 12.9. The number of carbonyl (C=O) groups excluding carboxylic acids is 1. The van der Waals surface area contributed by atoms with E-state index in [1.54, 1.807) is 19.5 Å². The van der Waals surface area contributed by atoms with E-state index < -0.39 is 0 Å². The van der Waals surface area contributed by atoms with E-state index >= 15 is 0 Å². The molecule has 0 unspecified atom stereocenters. The number of thiophene rings is 1. The fourth-order valence-electron chi connectivity index (χ4n) is 3.17. The van der Waals surface area contributed by atoms with Gasteiger partial charge in [0.2, 0.25) is 0 Å². The fraction of sp³-hybridized carbons (Fsp3) is 0.316. The van der Waals surface area contributed by atoms with Crippen LogP contribution in [0.1, 0.15) is 15.2 Å². The minimum atomic E-state index is -0.156. The Balaban J connectivity index is 1.67. The number of ether oxygens (including phenoxy) is 2. The minimum Gasteiger partial charge on any atom is -0.497 e. The highest BCUT2D eigenvalue weighted by Gasteiger charge is 2.23. The largest absolute Gasteiger partial charge is 0.497 e. The van der Waals surface area contributed by atoms with Crippen LogP contribution in [-0.2, 0) is 4.74 Å². The topological polar surface area (TPSA) is 76.6 Å². The number of aromatic nitrogens is 2. The Hall–Kier alpha value is -2.71. The zero-order valence-electron chi connectivity index (χ0n) is 15.2. The van der Waals surface area contributed by atoms with Crippen molar-refractivity contribution in [3.63, 3.8) is 0 Å². The zero-order chi connectivity index (χ0) is 18.8. The fourth-order valence-corrected chi connectivity index (χ4v) is 4.21. The van der Waals surface area contributed by atoms with E-state index in [0.717, 1.165) is 34.7 Å². The summed E-state index contributed by atoms with van der Waals surface area (Å²) < 4.78 is 10.6. The average Bonchev–Trinajstić information content (AvgIpc) is 3.06. The number of nitrogens with zero attached hydrogens (tertiary/aromatic N) is 3. The SMILES string of the molecule is COc1cccc(NC(=O)c2sc3ncnc(N4CCOCC4)c3c2C)c1. The molecule has 0 saturated carbocycles. The van der Waals surface area contributed by atoms with Gasteiger partial charge >= 0.3 is 0 Å². The van der Waals surface area contributed by atoms with Crippen molar-refractivity contribution in [1.29, 1.82) is 0 Å². The number of benzene rings is 1. The van der Waals surface area contributed by atoms with Gasteiger partial charge in [-0.15, -0.1) is 11.3 Å². The maximum Gasteiger partial charge on any atom is 0.266 e. The number of aryl methyl sites for hydroxylation is 1. The first-order valence-electron chi connectivity index (χ1n) is 8.69. The van der Waals surface area contributed by atoms with Gasteiger partial charge in [-0.1, -0.05) is 6.07 Å². The van der Waals surface area contributed by atoms with Gasteiger partial charge in [0.1, 0.15) is 22.7 Å². The second kappa shape index (κ2) is 7.50. The highest BCUT2D eigenvalue weighted by Crippen LogP contribution is 2.35. The van der Waals surface area contributed by atoms with Gasteiger partial charge in [-0.25, -0.2) is 9.97 Å². The number of amides is 1. The van der Waals surface area contributed by atoms with E-state index in [9.17, 15) is 4.79 Å². The van der Waals surface area contributed by atoms with Crippen LogP contribution in [0.3, 0.4) is 0 Å². The quantitative estimate of drug-likeness (QED) is 0.745.